The summed E-state index contributed by atoms with van der Waals surface area (Å²) < 4.78 is 42.0. The number of carbonyl (C=O) groups is 1. The number of fused-ring (bicyclic) bond motifs is 1. The Morgan fingerprint density at radius 3 is 2.42 bits per heavy atom. The topological polar surface area (TPSA) is 73.8 Å². The number of piperidine rings is 1. The van der Waals surface area contributed by atoms with E-state index in [2.05, 4.69) is 11.9 Å². The molecule has 2 heterocycles. The van der Waals surface area contributed by atoms with E-state index in [0.29, 0.717) is 46.5 Å². The molecule has 7 nitrogen and oxygen atoms in total. The van der Waals surface area contributed by atoms with Crippen LogP contribution in [0, 0.1) is 11.7 Å². The van der Waals surface area contributed by atoms with E-state index < -0.39 is 10.0 Å². The van der Waals surface area contributed by atoms with E-state index >= 15 is 0 Å². The van der Waals surface area contributed by atoms with Gasteiger partial charge < -0.3 is 4.90 Å². The summed E-state index contributed by atoms with van der Waals surface area (Å²) >= 11 is 1.27. The van der Waals surface area contributed by atoms with Crippen LogP contribution in [0.1, 0.15) is 36.5 Å². The highest BCUT2D eigenvalue weighted by atomic mass is 35.5. The first-order valence-electron chi connectivity index (χ1n) is 11.8. The molecular formula is C25H32ClFN4O3S2. The van der Waals surface area contributed by atoms with E-state index in [9.17, 15) is 17.6 Å². The number of aromatic nitrogens is 1. The van der Waals surface area contributed by atoms with Crippen molar-refractivity contribution >= 4 is 55.0 Å². The summed E-state index contributed by atoms with van der Waals surface area (Å²) in [6, 6.07) is 10.5. The van der Waals surface area contributed by atoms with E-state index in [1.54, 1.807) is 23.1 Å². The lowest BCUT2D eigenvalue weighted by Crippen LogP contribution is -2.38. The summed E-state index contributed by atoms with van der Waals surface area (Å²) in [4.78, 5) is 21.9. The molecule has 0 bridgehead atoms. The Hall–Kier alpha value is -2.11. The Kier molecular flexibility index (Phi) is 9.45. The van der Waals surface area contributed by atoms with Crippen LogP contribution in [0.25, 0.3) is 10.2 Å². The van der Waals surface area contributed by atoms with Gasteiger partial charge in [0.1, 0.15) is 5.82 Å². The van der Waals surface area contributed by atoms with Gasteiger partial charge in [0.2, 0.25) is 10.0 Å². The van der Waals surface area contributed by atoms with Gasteiger partial charge >= 0.3 is 0 Å². The minimum absolute atomic E-state index is 0. The molecule has 36 heavy (non-hydrogen) atoms. The highest BCUT2D eigenvalue weighted by Crippen LogP contribution is 2.31. The van der Waals surface area contributed by atoms with E-state index in [0.717, 1.165) is 25.8 Å². The zero-order valence-corrected chi connectivity index (χ0v) is 23.1. The number of benzene rings is 2. The maximum absolute atomic E-state index is 13.7. The molecule has 0 radical (unpaired) electrons. The first-order chi connectivity index (χ1) is 16.6. The molecule has 1 fully saturated rings. The minimum Gasteiger partial charge on any atom is -0.309 e. The number of thiazole rings is 1. The number of amides is 1. The van der Waals surface area contributed by atoms with E-state index in [1.165, 1.54) is 39.9 Å². The summed E-state index contributed by atoms with van der Waals surface area (Å²) in [6.07, 6.45) is 2.43. The monoisotopic (exact) mass is 554 g/mol. The smallest absolute Gasteiger partial charge is 0.260 e. The van der Waals surface area contributed by atoms with Gasteiger partial charge in [0, 0.05) is 25.2 Å². The third kappa shape index (κ3) is 6.41. The van der Waals surface area contributed by atoms with Crippen LogP contribution in [0.4, 0.5) is 9.52 Å². The highest BCUT2D eigenvalue weighted by molar-refractivity contribution is 7.89. The van der Waals surface area contributed by atoms with Crippen LogP contribution in [-0.2, 0) is 10.0 Å². The number of rotatable bonds is 8. The molecule has 0 unspecified atom stereocenters. The van der Waals surface area contributed by atoms with Gasteiger partial charge in [-0.3, -0.25) is 9.69 Å². The summed E-state index contributed by atoms with van der Waals surface area (Å²) in [5.41, 5.74) is 1.01. The first kappa shape index (κ1) is 28.5. The van der Waals surface area contributed by atoms with Gasteiger partial charge in [0.15, 0.2) is 5.13 Å². The third-order valence-corrected chi connectivity index (χ3v) is 9.24. The fourth-order valence-electron chi connectivity index (χ4n) is 4.13. The minimum atomic E-state index is -3.59. The van der Waals surface area contributed by atoms with Crippen molar-refractivity contribution in [3.63, 3.8) is 0 Å². The fraction of sp³-hybridized carbons (Fsp3) is 0.440. The summed E-state index contributed by atoms with van der Waals surface area (Å²) in [5.74, 6) is -0.0869. The number of sulfonamides is 1. The first-order valence-corrected chi connectivity index (χ1v) is 14.0. The van der Waals surface area contributed by atoms with Crippen LogP contribution in [0.2, 0.25) is 0 Å². The van der Waals surface area contributed by atoms with Crippen molar-refractivity contribution in [1.29, 1.82) is 0 Å². The predicted octanol–water partition coefficient (Wildman–Crippen LogP) is 4.88. The van der Waals surface area contributed by atoms with Crippen molar-refractivity contribution in [1.82, 2.24) is 14.2 Å². The standard InChI is InChI=1S/C25H31FN4O3S2.ClH/c1-18-11-15-29(16-12-18)35(32,33)21-8-5-19(6-9-21)24(31)30(14-4-13-28(2)3)25-27-22-10-7-20(26)17-23(22)34-25;/h5-10,17-18H,4,11-16H2,1-3H3;1H. The summed E-state index contributed by atoms with van der Waals surface area (Å²) in [6.45, 7) is 4.39. The fourth-order valence-corrected chi connectivity index (χ4v) is 6.62. The Morgan fingerprint density at radius 1 is 1.11 bits per heavy atom. The molecule has 4 rings (SSSR count). The molecule has 2 aromatic carbocycles. The second-order valence-corrected chi connectivity index (χ2v) is 12.3. The van der Waals surface area contributed by atoms with Gasteiger partial charge in [-0.1, -0.05) is 18.3 Å². The van der Waals surface area contributed by atoms with E-state index in [-0.39, 0.29) is 29.0 Å². The maximum atomic E-state index is 13.7. The van der Waals surface area contributed by atoms with Crippen LogP contribution in [-0.4, -0.2) is 68.8 Å². The number of carbonyl (C=O) groups excluding carboxylic acids is 1. The Labute approximate surface area is 222 Å². The lowest BCUT2D eigenvalue weighted by atomic mass is 10.0. The highest BCUT2D eigenvalue weighted by Gasteiger charge is 2.28. The van der Waals surface area contributed by atoms with Crippen molar-refractivity contribution in [2.75, 3.05) is 45.2 Å². The Balaban J connectivity index is 0.00000361. The van der Waals surface area contributed by atoms with E-state index in [4.69, 9.17) is 0 Å². The average Bonchev–Trinajstić information content (AvgIpc) is 3.24. The van der Waals surface area contributed by atoms with Crippen molar-refractivity contribution in [3.05, 3.63) is 53.8 Å². The molecule has 0 aliphatic carbocycles. The number of hydrogen-bond acceptors (Lipinski definition) is 6. The van der Waals surface area contributed by atoms with Gasteiger partial charge in [0.05, 0.1) is 15.1 Å². The summed E-state index contributed by atoms with van der Waals surface area (Å²) in [5, 5.41) is 0.494. The summed E-state index contributed by atoms with van der Waals surface area (Å²) in [7, 11) is 0.346. The SMILES string of the molecule is CC1CCN(S(=O)(=O)c2ccc(C(=O)N(CCCN(C)C)c3nc4ccc(F)cc4s3)cc2)CC1.Cl. The number of nitrogens with zero attached hydrogens (tertiary/aromatic N) is 4. The van der Waals surface area contributed by atoms with Gasteiger partial charge in [-0.2, -0.15) is 4.31 Å². The van der Waals surface area contributed by atoms with Crippen LogP contribution in [0.3, 0.4) is 0 Å². The Bertz CT molecular complexity index is 1290. The average molecular weight is 555 g/mol. The molecule has 11 heteroatoms. The molecule has 1 amide bonds. The van der Waals surface area contributed by atoms with Crippen LogP contribution >= 0.6 is 23.7 Å². The second kappa shape index (κ2) is 12.0. The molecule has 0 spiro atoms. The normalized spacial score (nSPS) is 15.2. The zero-order chi connectivity index (χ0) is 25.2. The maximum Gasteiger partial charge on any atom is 0.260 e. The van der Waals surface area contributed by atoms with Gasteiger partial charge in [-0.05, 0) is 88.3 Å². The molecule has 196 valence electrons. The molecular weight excluding hydrogens is 523 g/mol. The molecule has 1 saturated heterocycles. The molecule has 1 aromatic heterocycles. The molecule has 3 aromatic rings. The largest absolute Gasteiger partial charge is 0.309 e. The van der Waals surface area contributed by atoms with Gasteiger partial charge in [-0.15, -0.1) is 12.4 Å². The molecule has 1 aliphatic heterocycles. The second-order valence-electron chi connectivity index (χ2n) is 9.33. The molecule has 0 N–H and O–H groups in total. The van der Waals surface area contributed by atoms with Crippen molar-refractivity contribution < 1.29 is 17.6 Å². The number of hydrogen-bond donors (Lipinski definition) is 0. The van der Waals surface area contributed by atoms with Gasteiger partial charge in [0.25, 0.3) is 5.91 Å². The zero-order valence-electron chi connectivity index (χ0n) is 20.7. The third-order valence-electron chi connectivity index (χ3n) is 6.28. The molecule has 1 aliphatic rings. The lowest BCUT2D eigenvalue weighted by Gasteiger charge is -2.29. The van der Waals surface area contributed by atoms with Crippen LogP contribution < -0.4 is 4.90 Å². The Morgan fingerprint density at radius 2 is 1.78 bits per heavy atom. The van der Waals surface area contributed by atoms with Crippen molar-refractivity contribution in [3.8, 4) is 0 Å². The predicted molar refractivity (Wildman–Crippen MR) is 145 cm³/mol. The van der Waals surface area contributed by atoms with Crippen molar-refractivity contribution in [2.24, 2.45) is 5.92 Å². The molecule has 0 atom stereocenters. The molecule has 0 saturated carbocycles. The van der Waals surface area contributed by atoms with Gasteiger partial charge in [-0.25, -0.2) is 17.8 Å². The quantitative estimate of drug-likeness (QED) is 0.397. The number of halogens is 2. The van der Waals surface area contributed by atoms with E-state index in [1.807, 2.05) is 19.0 Å². The van der Waals surface area contributed by atoms with Crippen molar-refractivity contribution in [2.45, 2.75) is 31.1 Å². The van der Waals surface area contributed by atoms with Crippen LogP contribution in [0.5, 0.6) is 0 Å². The number of anilines is 1. The van der Waals surface area contributed by atoms with Crippen LogP contribution in [0.15, 0.2) is 47.4 Å². The lowest BCUT2D eigenvalue weighted by molar-refractivity contribution is 0.0986.